The number of hydrogen-bond acceptors (Lipinski definition) is 8. The summed E-state index contributed by atoms with van der Waals surface area (Å²) in [6.45, 7) is 14.8. The third-order valence-corrected chi connectivity index (χ3v) is 12.5. The van der Waals surface area contributed by atoms with Crippen LogP contribution in [0.25, 0.3) is 0 Å². The lowest BCUT2D eigenvalue weighted by atomic mass is 9.36. The number of ether oxygens (including phenoxy) is 4. The normalized spacial score (nSPS) is 49.7. The summed E-state index contributed by atoms with van der Waals surface area (Å²) in [6, 6.07) is 0. The van der Waals surface area contributed by atoms with Gasteiger partial charge < -0.3 is 24.1 Å². The molecule has 3 saturated carbocycles. The fraction of sp³-hybridized carbons (Fsp3) is 0.788. The second-order valence-electron chi connectivity index (χ2n) is 14.9. The lowest BCUT2D eigenvalue weighted by Crippen LogP contribution is -2.73. The van der Waals surface area contributed by atoms with Crippen LogP contribution in [0.2, 0.25) is 0 Å². The molecule has 2 heterocycles. The highest BCUT2D eigenvalue weighted by molar-refractivity contribution is 5.82. The van der Waals surface area contributed by atoms with Gasteiger partial charge in [0.25, 0.3) is 0 Å². The van der Waals surface area contributed by atoms with Gasteiger partial charge in [0.05, 0.1) is 31.8 Å². The van der Waals surface area contributed by atoms with Crippen molar-refractivity contribution in [2.24, 2.45) is 45.3 Å². The van der Waals surface area contributed by atoms with E-state index in [-0.39, 0.29) is 41.0 Å². The van der Waals surface area contributed by atoms with Gasteiger partial charge in [0, 0.05) is 47.5 Å². The fourth-order valence-electron chi connectivity index (χ4n) is 11.0. The molecule has 1 N–H and O–H groups in total. The van der Waals surface area contributed by atoms with Gasteiger partial charge in [-0.15, -0.1) is 0 Å². The van der Waals surface area contributed by atoms with Gasteiger partial charge in [-0.05, 0) is 50.4 Å². The van der Waals surface area contributed by atoms with Crippen LogP contribution in [-0.4, -0.2) is 60.6 Å². The Labute approximate surface area is 243 Å². The number of allylic oxidation sites excluding steroid dienone is 2. The van der Waals surface area contributed by atoms with Crippen molar-refractivity contribution in [1.82, 2.24) is 0 Å². The Morgan fingerprint density at radius 3 is 2.46 bits per heavy atom. The largest absolute Gasteiger partial charge is 0.465 e. The Balaban J connectivity index is 1.44. The third-order valence-electron chi connectivity index (χ3n) is 12.5. The minimum atomic E-state index is -0.774. The second kappa shape index (κ2) is 9.40. The predicted octanol–water partition coefficient (Wildman–Crippen LogP) is 4.53. The summed E-state index contributed by atoms with van der Waals surface area (Å²) < 4.78 is 24.2. The smallest absolute Gasteiger partial charge is 0.330 e. The van der Waals surface area contributed by atoms with Crippen molar-refractivity contribution < 1.29 is 38.4 Å². The maximum atomic E-state index is 13.1. The Morgan fingerprint density at radius 1 is 1.10 bits per heavy atom. The summed E-state index contributed by atoms with van der Waals surface area (Å²) in [5, 5.41) is 12.4. The molecule has 0 aromatic heterocycles. The van der Waals surface area contributed by atoms with Crippen LogP contribution in [0.1, 0.15) is 80.6 Å². The molecule has 4 aliphatic carbocycles. The number of esters is 3. The molecule has 0 spiro atoms. The number of cyclic esters (lactones) is 1. The van der Waals surface area contributed by atoms with Gasteiger partial charge in [0.1, 0.15) is 12.2 Å². The molecule has 6 rings (SSSR count). The maximum Gasteiger partial charge on any atom is 0.330 e. The SMILES string of the molecule is CC(=O)O[C@@H]1C[C@H](OC(=O)C=C(C)C)[C@@]2(C)[C@H]3[C@@H](OC[C@]13C)[C@@H](O)[C@@]1(C)C3=CC[C@@H]([C@@H]4COC(=O)C4)[C@]3(C)CC[C@@H]12. The number of aliphatic hydroxyl groups is 1. The molecule has 6 aliphatic rings. The molecular formula is C33H46O8. The number of fused-ring (bicyclic) bond motifs is 4. The van der Waals surface area contributed by atoms with Crippen LogP contribution < -0.4 is 0 Å². The molecular weight excluding hydrogens is 524 g/mol. The van der Waals surface area contributed by atoms with Gasteiger partial charge in [-0.3, -0.25) is 9.59 Å². The van der Waals surface area contributed by atoms with Crippen molar-refractivity contribution >= 4 is 17.9 Å². The second-order valence-corrected chi connectivity index (χ2v) is 14.9. The van der Waals surface area contributed by atoms with E-state index in [1.165, 1.54) is 18.6 Å². The molecule has 41 heavy (non-hydrogen) atoms. The Hall–Kier alpha value is -2.19. The summed E-state index contributed by atoms with van der Waals surface area (Å²) >= 11 is 0. The van der Waals surface area contributed by atoms with E-state index in [1.54, 1.807) is 0 Å². The fourth-order valence-corrected chi connectivity index (χ4v) is 11.0. The van der Waals surface area contributed by atoms with Gasteiger partial charge in [-0.2, -0.15) is 0 Å². The lowest BCUT2D eigenvalue weighted by molar-refractivity contribution is -0.263. The molecule has 0 aromatic carbocycles. The minimum Gasteiger partial charge on any atom is -0.465 e. The third kappa shape index (κ3) is 3.88. The van der Waals surface area contributed by atoms with Crippen LogP contribution in [0, 0.1) is 45.3 Å². The van der Waals surface area contributed by atoms with Crippen molar-refractivity contribution in [3.8, 4) is 0 Å². The first-order chi connectivity index (χ1) is 19.2. The summed E-state index contributed by atoms with van der Waals surface area (Å²) in [5.41, 5.74) is 0.279. The Morgan fingerprint density at radius 2 is 1.83 bits per heavy atom. The summed E-state index contributed by atoms with van der Waals surface area (Å²) in [4.78, 5) is 37.4. The molecule has 0 radical (unpaired) electrons. The number of rotatable bonds is 4. The van der Waals surface area contributed by atoms with Gasteiger partial charge >= 0.3 is 17.9 Å². The van der Waals surface area contributed by atoms with Gasteiger partial charge in [0.2, 0.25) is 0 Å². The van der Waals surface area contributed by atoms with Crippen LogP contribution in [0.15, 0.2) is 23.3 Å². The topological polar surface area (TPSA) is 108 Å². The molecule has 5 fully saturated rings. The van der Waals surface area contributed by atoms with Gasteiger partial charge in [-0.25, -0.2) is 4.79 Å². The molecule has 0 aromatic rings. The maximum absolute atomic E-state index is 13.1. The molecule has 0 amide bonds. The average molecular weight is 571 g/mol. The quantitative estimate of drug-likeness (QED) is 0.227. The number of carbonyl (C=O) groups is 3. The summed E-state index contributed by atoms with van der Waals surface area (Å²) in [7, 11) is 0. The predicted molar refractivity (Wildman–Crippen MR) is 149 cm³/mol. The first-order valence-corrected chi connectivity index (χ1v) is 15.4. The highest BCUT2D eigenvalue weighted by Crippen LogP contribution is 2.75. The van der Waals surface area contributed by atoms with Crippen LogP contribution >= 0.6 is 0 Å². The Bertz CT molecular complexity index is 1220. The van der Waals surface area contributed by atoms with E-state index in [4.69, 9.17) is 18.9 Å². The Kier molecular flexibility index (Phi) is 6.63. The van der Waals surface area contributed by atoms with Crippen molar-refractivity contribution in [3.05, 3.63) is 23.3 Å². The zero-order valence-corrected chi connectivity index (χ0v) is 25.5. The van der Waals surface area contributed by atoms with Crippen LogP contribution in [0.4, 0.5) is 0 Å². The standard InChI is InChI=1S/C33H46O8/c1-17(2)12-26(36)41-24-14-23(40-18(3)34)31(5)16-39-27-28(31)33(24,7)22-10-11-30(4)20(19-13-25(35)38-15-19)8-9-21(30)32(22,6)29(27)37/h9,12,19-20,22-24,27-29,37H,8,10-11,13-16H2,1-7H3/t19-,20-,22-,23+,24-,27+,28-,29+,30-,31+,32-,33-/m0/s1. The molecule has 2 aliphatic heterocycles. The summed E-state index contributed by atoms with van der Waals surface area (Å²) in [6.07, 6.45) is 5.05. The average Bonchev–Trinajstić information content (AvgIpc) is 3.56. The first kappa shape index (κ1) is 28.9. The highest BCUT2D eigenvalue weighted by atomic mass is 16.6. The number of aliphatic hydroxyl groups excluding tert-OH is 1. The van der Waals surface area contributed by atoms with E-state index < -0.39 is 46.6 Å². The molecule has 8 nitrogen and oxygen atoms in total. The van der Waals surface area contributed by atoms with Crippen molar-refractivity contribution in [2.75, 3.05) is 13.2 Å². The van der Waals surface area contributed by atoms with Crippen LogP contribution in [0.5, 0.6) is 0 Å². The van der Waals surface area contributed by atoms with Gasteiger partial charge in [-0.1, -0.05) is 44.9 Å². The van der Waals surface area contributed by atoms with E-state index in [2.05, 4.69) is 33.8 Å². The molecule has 12 atom stereocenters. The van der Waals surface area contributed by atoms with E-state index in [0.29, 0.717) is 26.1 Å². The van der Waals surface area contributed by atoms with Crippen molar-refractivity contribution in [3.63, 3.8) is 0 Å². The molecule has 8 heteroatoms. The molecule has 226 valence electrons. The van der Waals surface area contributed by atoms with Gasteiger partial charge in [0.15, 0.2) is 0 Å². The van der Waals surface area contributed by atoms with E-state index >= 15 is 0 Å². The molecule has 2 saturated heterocycles. The number of hydrogen-bond donors (Lipinski definition) is 1. The lowest BCUT2D eigenvalue weighted by Gasteiger charge is -2.69. The minimum absolute atomic E-state index is 0.00888. The van der Waals surface area contributed by atoms with Crippen molar-refractivity contribution in [2.45, 2.75) is 105 Å². The van der Waals surface area contributed by atoms with Crippen LogP contribution in [0.3, 0.4) is 0 Å². The summed E-state index contributed by atoms with van der Waals surface area (Å²) in [5.74, 6) is -0.596. The number of carbonyl (C=O) groups excluding carboxylic acids is 3. The van der Waals surface area contributed by atoms with E-state index in [0.717, 1.165) is 24.8 Å². The zero-order chi connectivity index (χ0) is 29.7. The van der Waals surface area contributed by atoms with Crippen molar-refractivity contribution in [1.29, 1.82) is 0 Å². The zero-order valence-electron chi connectivity index (χ0n) is 25.5. The highest BCUT2D eigenvalue weighted by Gasteiger charge is 2.77. The monoisotopic (exact) mass is 570 g/mol. The molecule has 0 bridgehead atoms. The molecule has 0 unspecified atom stereocenters. The van der Waals surface area contributed by atoms with E-state index in [1.807, 2.05) is 13.8 Å². The first-order valence-electron chi connectivity index (χ1n) is 15.4. The van der Waals surface area contributed by atoms with Crippen LogP contribution in [-0.2, 0) is 33.3 Å². The van der Waals surface area contributed by atoms with E-state index in [9.17, 15) is 19.5 Å².